The van der Waals surface area contributed by atoms with Gasteiger partial charge >= 0.3 is 0 Å². The van der Waals surface area contributed by atoms with Crippen molar-refractivity contribution in [1.82, 2.24) is 20.2 Å². The highest BCUT2D eigenvalue weighted by Crippen LogP contribution is 2.20. The quantitative estimate of drug-likeness (QED) is 0.526. The van der Waals surface area contributed by atoms with Crippen LogP contribution in [0.1, 0.15) is 17.4 Å². The Kier molecular flexibility index (Phi) is 6.68. The van der Waals surface area contributed by atoms with Crippen molar-refractivity contribution in [1.29, 1.82) is 0 Å². The zero-order chi connectivity index (χ0) is 20.8. The molecule has 2 aromatic carbocycles. The number of ether oxygens (including phenoxy) is 2. The summed E-state index contributed by atoms with van der Waals surface area (Å²) in [6.45, 7) is 5.45. The Bertz CT molecular complexity index is 907. The van der Waals surface area contributed by atoms with Crippen LogP contribution in [-0.2, 0) is 11.3 Å². The average molecular weight is 411 g/mol. The molecule has 158 valence electrons. The van der Waals surface area contributed by atoms with Gasteiger partial charge in [0.05, 0.1) is 20.3 Å². The predicted molar refractivity (Wildman–Crippen MR) is 112 cm³/mol. The van der Waals surface area contributed by atoms with Gasteiger partial charge in [-0.3, -0.25) is 4.90 Å². The fraction of sp³-hybridized carbons (Fsp3) is 0.409. The number of benzene rings is 2. The van der Waals surface area contributed by atoms with E-state index in [1.807, 2.05) is 16.8 Å². The summed E-state index contributed by atoms with van der Waals surface area (Å²) in [5.74, 6) is 1.74. The van der Waals surface area contributed by atoms with Crippen LogP contribution < -0.4 is 14.5 Å². The number of tetrazole rings is 1. The van der Waals surface area contributed by atoms with Crippen molar-refractivity contribution in [3.05, 3.63) is 66.0 Å². The van der Waals surface area contributed by atoms with Crippen LogP contribution in [-0.4, -0.2) is 67.2 Å². The summed E-state index contributed by atoms with van der Waals surface area (Å²) in [6, 6.07) is 19.1. The predicted octanol–water partition coefficient (Wildman–Crippen LogP) is -0.467. The molecule has 30 heavy (non-hydrogen) atoms. The zero-order valence-corrected chi connectivity index (χ0v) is 17.6. The number of nitrogens with zero attached hydrogens (tertiary/aromatic N) is 4. The minimum Gasteiger partial charge on any atom is -0.497 e. The lowest BCUT2D eigenvalue weighted by Gasteiger charge is -2.34. The van der Waals surface area contributed by atoms with Crippen molar-refractivity contribution < 1.29 is 19.3 Å². The number of quaternary nitrogens is 2. The van der Waals surface area contributed by atoms with Gasteiger partial charge in [0.15, 0.2) is 6.04 Å². The number of methoxy groups -OCH3 is 2. The summed E-state index contributed by atoms with van der Waals surface area (Å²) in [4.78, 5) is 3.01. The molecule has 0 saturated carbocycles. The normalized spacial score (nSPS) is 20.1. The molecular formula is C22H30N6O2+2. The number of aromatic nitrogens is 4. The Morgan fingerprint density at radius 3 is 2.37 bits per heavy atom. The molecule has 2 N–H and O–H groups in total. The summed E-state index contributed by atoms with van der Waals surface area (Å²) in [5, 5.41) is 12.6. The molecule has 4 rings (SSSR count). The Morgan fingerprint density at radius 1 is 0.967 bits per heavy atom. The number of hydrogen-bond acceptors (Lipinski definition) is 5. The van der Waals surface area contributed by atoms with Crippen LogP contribution in [0.3, 0.4) is 0 Å². The second-order valence-electron chi connectivity index (χ2n) is 7.59. The van der Waals surface area contributed by atoms with E-state index in [0.717, 1.165) is 37.8 Å². The van der Waals surface area contributed by atoms with E-state index in [9.17, 15) is 0 Å². The molecule has 8 nitrogen and oxygen atoms in total. The fourth-order valence-corrected chi connectivity index (χ4v) is 4.24. The minimum absolute atomic E-state index is 0.0695. The van der Waals surface area contributed by atoms with Gasteiger partial charge in [0.25, 0.3) is 0 Å². The van der Waals surface area contributed by atoms with Crippen molar-refractivity contribution in [2.45, 2.75) is 12.6 Å². The van der Waals surface area contributed by atoms with Crippen molar-refractivity contribution in [2.24, 2.45) is 0 Å². The smallest absolute Gasteiger partial charge is 0.214 e. The van der Waals surface area contributed by atoms with Gasteiger partial charge in [-0.25, -0.2) is 4.68 Å². The highest BCUT2D eigenvalue weighted by atomic mass is 16.5. The molecule has 1 aliphatic rings. The van der Waals surface area contributed by atoms with E-state index in [-0.39, 0.29) is 6.04 Å². The van der Waals surface area contributed by atoms with Crippen molar-refractivity contribution in [3.63, 3.8) is 0 Å². The van der Waals surface area contributed by atoms with E-state index in [4.69, 9.17) is 9.47 Å². The van der Waals surface area contributed by atoms with Crippen LogP contribution in [0.15, 0.2) is 54.6 Å². The monoisotopic (exact) mass is 410 g/mol. The van der Waals surface area contributed by atoms with Gasteiger partial charge in [0.1, 0.15) is 37.6 Å². The second kappa shape index (κ2) is 9.80. The first kappa shape index (κ1) is 20.5. The van der Waals surface area contributed by atoms with Gasteiger partial charge in [-0.2, -0.15) is 0 Å². The average Bonchev–Trinajstić information content (AvgIpc) is 3.27. The summed E-state index contributed by atoms with van der Waals surface area (Å²) >= 11 is 0. The topological polar surface area (TPSA) is 70.9 Å². The van der Waals surface area contributed by atoms with E-state index in [0.29, 0.717) is 13.2 Å². The number of nitrogens with one attached hydrogen (secondary N) is 2. The summed E-state index contributed by atoms with van der Waals surface area (Å²) in [5.41, 5.74) is 2.56. The highest BCUT2D eigenvalue weighted by molar-refractivity contribution is 5.31. The molecule has 0 radical (unpaired) electrons. The SMILES string of the molecule is COCCn1nnnc1[C@@H](c1ccc(OC)cc1)[NH+]1CC[NH+](c2ccccc2)CC1. The maximum absolute atomic E-state index is 5.35. The van der Waals surface area contributed by atoms with E-state index in [1.54, 1.807) is 14.2 Å². The fourth-order valence-electron chi connectivity index (χ4n) is 4.24. The highest BCUT2D eigenvalue weighted by Gasteiger charge is 2.36. The second-order valence-corrected chi connectivity index (χ2v) is 7.59. The number of rotatable bonds is 8. The molecule has 0 spiro atoms. The molecule has 0 bridgehead atoms. The van der Waals surface area contributed by atoms with E-state index in [1.165, 1.54) is 21.1 Å². The van der Waals surface area contributed by atoms with Gasteiger partial charge in [-0.1, -0.05) is 18.2 Å². The van der Waals surface area contributed by atoms with E-state index in [2.05, 4.69) is 58.0 Å². The van der Waals surface area contributed by atoms with Crippen LogP contribution in [0, 0.1) is 0 Å². The molecular weight excluding hydrogens is 380 g/mol. The molecule has 3 aromatic rings. The van der Waals surface area contributed by atoms with Gasteiger partial charge < -0.3 is 14.4 Å². The Labute approximate surface area is 177 Å². The molecule has 8 heteroatoms. The molecule has 1 atom stereocenters. The van der Waals surface area contributed by atoms with E-state index >= 15 is 0 Å². The molecule has 0 amide bonds. The van der Waals surface area contributed by atoms with Crippen molar-refractivity contribution in [3.8, 4) is 5.75 Å². The first-order valence-corrected chi connectivity index (χ1v) is 10.4. The molecule has 1 fully saturated rings. The van der Waals surface area contributed by atoms with Crippen molar-refractivity contribution >= 4 is 5.69 Å². The van der Waals surface area contributed by atoms with E-state index < -0.39 is 0 Å². The lowest BCUT2D eigenvalue weighted by Crippen LogP contribution is -3.26. The summed E-state index contributed by atoms with van der Waals surface area (Å²) < 4.78 is 12.5. The third-order valence-electron chi connectivity index (χ3n) is 5.86. The van der Waals surface area contributed by atoms with Crippen LogP contribution in [0.4, 0.5) is 5.69 Å². The van der Waals surface area contributed by atoms with Gasteiger partial charge in [-0.15, -0.1) is 5.10 Å². The van der Waals surface area contributed by atoms with Crippen LogP contribution in [0.5, 0.6) is 5.75 Å². The lowest BCUT2D eigenvalue weighted by molar-refractivity contribution is -1.00. The molecule has 0 aliphatic carbocycles. The Morgan fingerprint density at radius 2 is 1.70 bits per heavy atom. The third kappa shape index (κ3) is 4.51. The van der Waals surface area contributed by atoms with Gasteiger partial charge in [0.2, 0.25) is 5.82 Å². The largest absolute Gasteiger partial charge is 0.497 e. The van der Waals surface area contributed by atoms with Crippen LogP contribution >= 0.6 is 0 Å². The van der Waals surface area contributed by atoms with Crippen LogP contribution in [0.2, 0.25) is 0 Å². The maximum Gasteiger partial charge on any atom is 0.214 e. The minimum atomic E-state index is 0.0695. The summed E-state index contributed by atoms with van der Waals surface area (Å²) in [6.07, 6.45) is 0. The van der Waals surface area contributed by atoms with Crippen LogP contribution in [0.25, 0.3) is 0 Å². The number of para-hydroxylation sites is 1. The molecule has 0 unspecified atom stereocenters. The summed E-state index contributed by atoms with van der Waals surface area (Å²) in [7, 11) is 3.39. The third-order valence-corrected chi connectivity index (χ3v) is 5.86. The Hall–Kier alpha value is -2.81. The lowest BCUT2D eigenvalue weighted by atomic mass is 10.0. The zero-order valence-electron chi connectivity index (χ0n) is 17.6. The van der Waals surface area contributed by atoms with Crippen molar-refractivity contribution in [2.75, 3.05) is 47.0 Å². The number of piperazine rings is 1. The molecule has 1 saturated heterocycles. The molecule has 2 heterocycles. The van der Waals surface area contributed by atoms with Gasteiger partial charge in [-0.05, 0) is 46.8 Å². The van der Waals surface area contributed by atoms with Gasteiger partial charge in [0, 0.05) is 12.7 Å². The first-order chi connectivity index (χ1) is 14.8. The molecule has 1 aromatic heterocycles. The standard InChI is InChI=1S/C22H28N6O2/c1-29-17-16-28-22(23-24-25-28)21(18-8-10-20(30-2)11-9-18)27-14-12-26(13-15-27)19-6-4-3-5-7-19/h3-11,21H,12-17H2,1-2H3/p+2/t21-/m1/s1. The Balaban J connectivity index is 1.59. The maximum atomic E-state index is 5.35. The first-order valence-electron chi connectivity index (χ1n) is 10.4. The number of hydrogen-bond donors (Lipinski definition) is 2. The molecule has 1 aliphatic heterocycles.